The van der Waals surface area contributed by atoms with E-state index >= 15 is 0 Å². The first-order valence-electron chi connectivity index (χ1n) is 15.2. The summed E-state index contributed by atoms with van der Waals surface area (Å²) < 4.78 is 42.6. The van der Waals surface area contributed by atoms with Gasteiger partial charge in [0.1, 0.15) is 11.9 Å². The van der Waals surface area contributed by atoms with Gasteiger partial charge in [0.25, 0.3) is 5.92 Å². The van der Waals surface area contributed by atoms with Crippen LogP contribution in [0.15, 0.2) is 54.6 Å². The molecule has 2 heterocycles. The zero-order chi connectivity index (χ0) is 28.1. The minimum absolute atomic E-state index is 0.114. The van der Waals surface area contributed by atoms with Gasteiger partial charge in [0.05, 0.1) is 0 Å². The van der Waals surface area contributed by atoms with Crippen molar-refractivity contribution in [2.45, 2.75) is 75.7 Å². The number of halogens is 3. The molecule has 1 aliphatic carbocycles. The Bertz CT molecular complexity index is 1080. The lowest BCUT2D eigenvalue weighted by Crippen LogP contribution is -2.46. The molecule has 0 amide bonds. The van der Waals surface area contributed by atoms with Gasteiger partial charge in [-0.1, -0.05) is 61.7 Å². The van der Waals surface area contributed by atoms with Crippen molar-refractivity contribution in [3.8, 4) is 0 Å². The molecule has 3 aliphatic rings. The fraction of sp³-hybridized carbons (Fsp3) is 0.606. The number of carboxylic acids is 1. The van der Waals surface area contributed by atoms with E-state index in [2.05, 4.69) is 34.1 Å². The molecule has 7 heteroatoms. The van der Waals surface area contributed by atoms with Crippen molar-refractivity contribution >= 4 is 5.97 Å². The summed E-state index contributed by atoms with van der Waals surface area (Å²) >= 11 is 0. The third-order valence-corrected chi connectivity index (χ3v) is 9.77. The molecule has 218 valence electrons. The molecule has 0 spiro atoms. The van der Waals surface area contributed by atoms with Gasteiger partial charge in [0.2, 0.25) is 0 Å². The van der Waals surface area contributed by atoms with E-state index in [0.29, 0.717) is 18.3 Å². The number of hydrogen-bond donors (Lipinski definition) is 1. The van der Waals surface area contributed by atoms with E-state index in [1.807, 2.05) is 6.07 Å². The molecule has 1 saturated carbocycles. The van der Waals surface area contributed by atoms with Gasteiger partial charge in [-0.3, -0.25) is 9.69 Å². The molecule has 0 bridgehead atoms. The summed E-state index contributed by atoms with van der Waals surface area (Å²) in [5.41, 5.74) is 1.16. The van der Waals surface area contributed by atoms with E-state index in [-0.39, 0.29) is 23.8 Å². The smallest absolute Gasteiger partial charge is 0.321 e. The largest absolute Gasteiger partial charge is 0.480 e. The van der Waals surface area contributed by atoms with E-state index < -0.39 is 23.8 Å². The van der Waals surface area contributed by atoms with E-state index in [0.717, 1.165) is 83.4 Å². The van der Waals surface area contributed by atoms with Crippen molar-refractivity contribution in [1.82, 2.24) is 9.80 Å². The Morgan fingerprint density at radius 3 is 2.25 bits per heavy atom. The minimum Gasteiger partial charge on any atom is -0.480 e. The molecule has 40 heavy (non-hydrogen) atoms. The molecule has 2 aromatic carbocycles. The fourth-order valence-corrected chi connectivity index (χ4v) is 7.51. The maximum Gasteiger partial charge on any atom is 0.321 e. The van der Waals surface area contributed by atoms with Crippen LogP contribution in [0.2, 0.25) is 0 Å². The van der Waals surface area contributed by atoms with Crippen LogP contribution in [0, 0.1) is 23.6 Å². The van der Waals surface area contributed by atoms with Crippen LogP contribution in [0.1, 0.15) is 74.8 Å². The van der Waals surface area contributed by atoms with Crippen LogP contribution in [0.3, 0.4) is 0 Å². The second-order valence-electron chi connectivity index (χ2n) is 12.4. The van der Waals surface area contributed by atoms with Gasteiger partial charge in [-0.05, 0) is 80.6 Å². The lowest BCUT2D eigenvalue weighted by atomic mass is 9.83. The SMILES string of the molecule is O=C(O)[C@@H](C1CCCCC1)N1CC(CN2CCC(CCC(F)(F)c3ccc(F)cc3)CC2)[C@@H](c2ccccc2)C1. The third kappa shape index (κ3) is 7.09. The van der Waals surface area contributed by atoms with Crippen molar-refractivity contribution < 1.29 is 23.1 Å². The van der Waals surface area contributed by atoms with Gasteiger partial charge in [-0.2, -0.15) is 0 Å². The average Bonchev–Trinajstić information content (AvgIpc) is 3.36. The second-order valence-corrected chi connectivity index (χ2v) is 12.4. The van der Waals surface area contributed by atoms with Crippen LogP contribution in [0.25, 0.3) is 0 Å². The second kappa shape index (κ2) is 13.1. The Morgan fingerprint density at radius 1 is 0.925 bits per heavy atom. The summed E-state index contributed by atoms with van der Waals surface area (Å²) in [4.78, 5) is 17.2. The molecule has 2 aromatic rings. The molecule has 2 saturated heterocycles. The molecule has 0 aromatic heterocycles. The lowest BCUT2D eigenvalue weighted by molar-refractivity contribution is -0.145. The number of alkyl halides is 2. The van der Waals surface area contributed by atoms with Crippen molar-refractivity contribution in [1.29, 1.82) is 0 Å². The van der Waals surface area contributed by atoms with Crippen LogP contribution in [-0.2, 0) is 10.7 Å². The first-order chi connectivity index (χ1) is 19.3. The Balaban J connectivity index is 1.18. The molecule has 1 N–H and O–H groups in total. The maximum absolute atomic E-state index is 14.7. The van der Waals surface area contributed by atoms with Gasteiger partial charge in [-0.25, -0.2) is 13.2 Å². The maximum atomic E-state index is 14.7. The fourth-order valence-electron chi connectivity index (χ4n) is 7.51. The topological polar surface area (TPSA) is 43.8 Å². The van der Waals surface area contributed by atoms with Crippen LogP contribution in [0.4, 0.5) is 13.2 Å². The summed E-state index contributed by atoms with van der Waals surface area (Å²) in [6, 6.07) is 14.7. The van der Waals surface area contributed by atoms with Crippen molar-refractivity contribution in [2.75, 3.05) is 32.7 Å². The predicted octanol–water partition coefficient (Wildman–Crippen LogP) is 7.16. The van der Waals surface area contributed by atoms with E-state index in [1.165, 1.54) is 24.1 Å². The highest BCUT2D eigenvalue weighted by Gasteiger charge is 2.43. The number of piperidine rings is 1. The van der Waals surface area contributed by atoms with Gasteiger partial charge < -0.3 is 10.0 Å². The standard InChI is InChI=1S/C33H43F3N2O2/c34-29-13-11-28(12-14-29)33(35,36)18-15-24-16-19-37(20-17-24)21-27-22-38(23-30(27)25-7-3-1-4-8-25)31(32(39)40)26-9-5-2-6-10-26/h1,3-4,7-8,11-14,24,26-27,30-31H,2,5-6,9-10,15-23H2,(H,39,40)/t27?,30-,31-/m1/s1. The summed E-state index contributed by atoms with van der Waals surface area (Å²) in [6.45, 7) is 4.24. The Kier molecular flexibility index (Phi) is 9.52. The van der Waals surface area contributed by atoms with Crippen molar-refractivity contribution in [2.24, 2.45) is 17.8 Å². The first kappa shape index (κ1) is 29.1. The van der Waals surface area contributed by atoms with Gasteiger partial charge in [0.15, 0.2) is 0 Å². The Labute approximate surface area is 236 Å². The van der Waals surface area contributed by atoms with Gasteiger partial charge in [-0.15, -0.1) is 0 Å². The Hall–Kier alpha value is -2.38. The summed E-state index contributed by atoms with van der Waals surface area (Å²) in [6.07, 6.45) is 7.49. The van der Waals surface area contributed by atoms with E-state index in [9.17, 15) is 23.1 Å². The molecular formula is C33H43F3N2O2. The number of carbonyl (C=O) groups is 1. The molecule has 1 unspecified atom stereocenters. The summed E-state index contributed by atoms with van der Waals surface area (Å²) in [5.74, 6) is -3.01. The van der Waals surface area contributed by atoms with Crippen LogP contribution < -0.4 is 0 Å². The highest BCUT2D eigenvalue weighted by atomic mass is 19.3. The minimum atomic E-state index is -2.94. The average molecular weight is 557 g/mol. The number of benzene rings is 2. The molecule has 5 rings (SSSR count). The molecule has 0 radical (unpaired) electrons. The normalized spacial score (nSPS) is 24.8. The van der Waals surface area contributed by atoms with Gasteiger partial charge in [0, 0.05) is 37.5 Å². The summed E-state index contributed by atoms with van der Waals surface area (Å²) in [5, 5.41) is 10.3. The van der Waals surface area contributed by atoms with Crippen molar-refractivity contribution in [3.63, 3.8) is 0 Å². The van der Waals surface area contributed by atoms with Crippen LogP contribution in [0.5, 0.6) is 0 Å². The number of likely N-dealkylation sites (tertiary alicyclic amines) is 2. The highest BCUT2D eigenvalue weighted by molar-refractivity contribution is 5.74. The third-order valence-electron chi connectivity index (χ3n) is 9.77. The van der Waals surface area contributed by atoms with Crippen LogP contribution in [-0.4, -0.2) is 59.6 Å². The zero-order valence-electron chi connectivity index (χ0n) is 23.4. The molecular weight excluding hydrogens is 513 g/mol. The number of hydrogen-bond acceptors (Lipinski definition) is 3. The first-order valence-corrected chi connectivity index (χ1v) is 15.2. The number of aliphatic carboxylic acids is 1. The number of nitrogens with zero attached hydrogens (tertiary/aromatic N) is 2. The predicted molar refractivity (Wildman–Crippen MR) is 151 cm³/mol. The van der Waals surface area contributed by atoms with E-state index in [1.54, 1.807) is 0 Å². The highest BCUT2D eigenvalue weighted by Crippen LogP contribution is 2.40. The number of carboxylic acid groups (broad SMARTS) is 1. The molecule has 4 nitrogen and oxygen atoms in total. The molecule has 3 atom stereocenters. The number of rotatable bonds is 10. The molecule has 2 aliphatic heterocycles. The lowest BCUT2D eigenvalue weighted by Gasteiger charge is -2.35. The van der Waals surface area contributed by atoms with Gasteiger partial charge >= 0.3 is 5.97 Å². The quantitative estimate of drug-likeness (QED) is 0.337. The zero-order valence-corrected chi connectivity index (χ0v) is 23.4. The van der Waals surface area contributed by atoms with Crippen LogP contribution >= 0.6 is 0 Å². The van der Waals surface area contributed by atoms with Crippen molar-refractivity contribution in [3.05, 3.63) is 71.5 Å². The monoisotopic (exact) mass is 556 g/mol. The molecule has 3 fully saturated rings. The van der Waals surface area contributed by atoms with E-state index in [4.69, 9.17) is 0 Å². The summed E-state index contributed by atoms with van der Waals surface area (Å²) in [7, 11) is 0. The Morgan fingerprint density at radius 2 is 1.60 bits per heavy atom.